The molecule has 1 aliphatic rings. The summed E-state index contributed by atoms with van der Waals surface area (Å²) < 4.78 is 5.12. The van der Waals surface area contributed by atoms with Gasteiger partial charge in [0.15, 0.2) is 0 Å². The van der Waals surface area contributed by atoms with Crippen molar-refractivity contribution in [1.82, 2.24) is 0 Å². The molecule has 1 fully saturated rings. The summed E-state index contributed by atoms with van der Waals surface area (Å²) in [6, 6.07) is 0. The molecule has 2 atom stereocenters. The number of hydrogen-bond donors (Lipinski definition) is 0. The average molecular weight is 212 g/mol. The molecule has 0 aromatic rings. The number of esters is 1. The van der Waals surface area contributed by atoms with Gasteiger partial charge < -0.3 is 4.74 Å². The largest absolute Gasteiger partial charge is 0.465 e. The predicted molar refractivity (Wildman–Crippen MR) is 57.4 cm³/mol. The van der Waals surface area contributed by atoms with Crippen LogP contribution in [0.4, 0.5) is 0 Å². The Kier molecular flexibility index (Phi) is 4.79. The first-order valence-corrected chi connectivity index (χ1v) is 5.84. The highest BCUT2D eigenvalue weighted by atomic mass is 16.5. The highest BCUT2D eigenvalue weighted by molar-refractivity contribution is 5.85. The highest BCUT2D eigenvalue weighted by Gasteiger charge is 2.34. The zero-order chi connectivity index (χ0) is 11.3. The van der Waals surface area contributed by atoms with Crippen molar-refractivity contribution in [2.75, 3.05) is 6.61 Å². The Balaban J connectivity index is 2.55. The lowest BCUT2D eigenvalue weighted by atomic mass is 9.77. The van der Waals surface area contributed by atoms with Crippen LogP contribution in [0.1, 0.15) is 46.0 Å². The standard InChI is InChI=1S/C12H20O3/c1-3-8-15-12(14)11-7-5-4-6-10(11)9(2)13/h10-11H,3-8H2,1-2H3. The maximum absolute atomic E-state index is 11.7. The van der Waals surface area contributed by atoms with Crippen LogP contribution in [0.5, 0.6) is 0 Å². The van der Waals surface area contributed by atoms with Crippen LogP contribution in [0.25, 0.3) is 0 Å². The molecular formula is C12H20O3. The third-order valence-corrected chi connectivity index (χ3v) is 3.04. The van der Waals surface area contributed by atoms with E-state index in [4.69, 9.17) is 4.74 Å². The topological polar surface area (TPSA) is 43.4 Å². The molecule has 3 nitrogen and oxygen atoms in total. The Hall–Kier alpha value is -0.860. The van der Waals surface area contributed by atoms with Gasteiger partial charge in [-0.2, -0.15) is 0 Å². The van der Waals surface area contributed by atoms with Gasteiger partial charge in [0.1, 0.15) is 5.78 Å². The number of ketones is 1. The first-order chi connectivity index (χ1) is 7.16. The van der Waals surface area contributed by atoms with Crippen LogP contribution < -0.4 is 0 Å². The van der Waals surface area contributed by atoms with Gasteiger partial charge in [0, 0.05) is 5.92 Å². The van der Waals surface area contributed by atoms with Crippen LogP contribution in [0.3, 0.4) is 0 Å². The minimum absolute atomic E-state index is 0.0943. The van der Waals surface area contributed by atoms with Gasteiger partial charge in [0.05, 0.1) is 12.5 Å². The van der Waals surface area contributed by atoms with Crippen LogP contribution in [0.2, 0.25) is 0 Å². The fraction of sp³-hybridized carbons (Fsp3) is 0.833. The van der Waals surface area contributed by atoms with Crippen molar-refractivity contribution in [3.05, 3.63) is 0 Å². The molecule has 0 saturated heterocycles. The Labute approximate surface area is 91.2 Å². The van der Waals surface area contributed by atoms with Gasteiger partial charge in [-0.1, -0.05) is 19.8 Å². The Bertz CT molecular complexity index is 235. The second-order valence-electron chi connectivity index (χ2n) is 4.28. The molecule has 0 heterocycles. The van der Waals surface area contributed by atoms with Gasteiger partial charge in [0.2, 0.25) is 0 Å². The second kappa shape index (κ2) is 5.89. The van der Waals surface area contributed by atoms with E-state index in [9.17, 15) is 9.59 Å². The summed E-state index contributed by atoms with van der Waals surface area (Å²) in [6.07, 6.45) is 4.59. The maximum Gasteiger partial charge on any atom is 0.309 e. The van der Waals surface area contributed by atoms with E-state index in [2.05, 4.69) is 0 Å². The Morgan fingerprint density at radius 1 is 1.20 bits per heavy atom. The monoisotopic (exact) mass is 212 g/mol. The molecule has 0 radical (unpaired) electrons. The molecule has 0 bridgehead atoms. The first kappa shape index (κ1) is 12.2. The molecule has 1 rings (SSSR count). The molecule has 0 aromatic heterocycles. The van der Waals surface area contributed by atoms with Crippen molar-refractivity contribution in [2.24, 2.45) is 11.8 Å². The van der Waals surface area contributed by atoms with E-state index in [1.54, 1.807) is 6.92 Å². The number of rotatable bonds is 4. The third kappa shape index (κ3) is 3.33. The van der Waals surface area contributed by atoms with Gasteiger partial charge in [-0.25, -0.2) is 0 Å². The van der Waals surface area contributed by atoms with Crippen molar-refractivity contribution in [3.63, 3.8) is 0 Å². The number of carbonyl (C=O) groups excluding carboxylic acids is 2. The molecule has 2 unspecified atom stereocenters. The molecule has 0 amide bonds. The molecule has 86 valence electrons. The summed E-state index contributed by atoms with van der Waals surface area (Å²) in [5.74, 6) is -0.309. The van der Waals surface area contributed by atoms with Gasteiger partial charge >= 0.3 is 5.97 Å². The third-order valence-electron chi connectivity index (χ3n) is 3.04. The Morgan fingerprint density at radius 3 is 2.33 bits per heavy atom. The van der Waals surface area contributed by atoms with Gasteiger partial charge in [-0.15, -0.1) is 0 Å². The number of carbonyl (C=O) groups is 2. The molecule has 15 heavy (non-hydrogen) atoms. The molecule has 0 spiro atoms. The van der Waals surface area contributed by atoms with Gasteiger partial charge in [0.25, 0.3) is 0 Å². The van der Waals surface area contributed by atoms with Crippen LogP contribution in [-0.2, 0) is 14.3 Å². The van der Waals surface area contributed by atoms with Gasteiger partial charge in [-0.3, -0.25) is 9.59 Å². The lowest BCUT2D eigenvalue weighted by Crippen LogP contribution is -2.33. The zero-order valence-corrected chi connectivity index (χ0v) is 9.62. The lowest BCUT2D eigenvalue weighted by Gasteiger charge is -2.27. The smallest absolute Gasteiger partial charge is 0.309 e. The predicted octanol–water partition coefficient (Wildman–Crippen LogP) is 2.33. The minimum atomic E-state index is -0.178. The van der Waals surface area contributed by atoms with Gasteiger partial charge in [-0.05, 0) is 26.2 Å². The van der Waals surface area contributed by atoms with E-state index in [-0.39, 0.29) is 23.6 Å². The van der Waals surface area contributed by atoms with E-state index < -0.39 is 0 Å². The number of hydrogen-bond acceptors (Lipinski definition) is 3. The molecular weight excluding hydrogens is 192 g/mol. The first-order valence-electron chi connectivity index (χ1n) is 5.84. The van der Waals surface area contributed by atoms with Crippen LogP contribution >= 0.6 is 0 Å². The van der Waals surface area contributed by atoms with E-state index >= 15 is 0 Å². The van der Waals surface area contributed by atoms with Crippen molar-refractivity contribution < 1.29 is 14.3 Å². The number of ether oxygens (including phenoxy) is 1. The summed E-state index contributed by atoms with van der Waals surface area (Å²) in [4.78, 5) is 23.1. The summed E-state index contributed by atoms with van der Waals surface area (Å²) in [7, 11) is 0. The molecule has 1 aliphatic carbocycles. The highest BCUT2D eigenvalue weighted by Crippen LogP contribution is 2.31. The van der Waals surface area contributed by atoms with Crippen molar-refractivity contribution in [1.29, 1.82) is 0 Å². The maximum atomic E-state index is 11.7. The minimum Gasteiger partial charge on any atom is -0.465 e. The van der Waals surface area contributed by atoms with Crippen LogP contribution in [0.15, 0.2) is 0 Å². The van der Waals surface area contributed by atoms with Crippen LogP contribution in [0, 0.1) is 11.8 Å². The molecule has 0 aromatic carbocycles. The quantitative estimate of drug-likeness (QED) is 0.672. The van der Waals surface area contributed by atoms with E-state index in [1.165, 1.54) is 0 Å². The molecule has 0 aliphatic heterocycles. The zero-order valence-electron chi connectivity index (χ0n) is 9.62. The lowest BCUT2D eigenvalue weighted by molar-refractivity contribution is -0.154. The fourth-order valence-electron chi connectivity index (χ4n) is 2.21. The van der Waals surface area contributed by atoms with Crippen LogP contribution in [-0.4, -0.2) is 18.4 Å². The molecule has 3 heteroatoms. The summed E-state index contributed by atoms with van der Waals surface area (Å²) in [6.45, 7) is 4.02. The summed E-state index contributed by atoms with van der Waals surface area (Å²) in [5, 5.41) is 0. The van der Waals surface area contributed by atoms with E-state index in [0.29, 0.717) is 6.61 Å². The van der Waals surface area contributed by atoms with Crippen molar-refractivity contribution in [2.45, 2.75) is 46.0 Å². The Morgan fingerprint density at radius 2 is 1.80 bits per heavy atom. The summed E-state index contributed by atoms with van der Waals surface area (Å²) in [5.41, 5.74) is 0. The van der Waals surface area contributed by atoms with E-state index in [1.807, 2.05) is 6.92 Å². The fourth-order valence-corrected chi connectivity index (χ4v) is 2.21. The SMILES string of the molecule is CCCOC(=O)C1CCCCC1C(C)=O. The normalized spacial score (nSPS) is 26.0. The molecule has 1 saturated carbocycles. The van der Waals surface area contributed by atoms with E-state index in [0.717, 1.165) is 32.1 Å². The average Bonchev–Trinajstić information content (AvgIpc) is 2.25. The van der Waals surface area contributed by atoms with Crippen molar-refractivity contribution >= 4 is 11.8 Å². The molecule has 0 N–H and O–H groups in total. The second-order valence-corrected chi connectivity index (χ2v) is 4.28. The van der Waals surface area contributed by atoms with Crippen molar-refractivity contribution in [3.8, 4) is 0 Å². The number of Topliss-reactive ketones (excluding diaryl/α,β-unsaturated/α-hetero) is 1. The summed E-state index contributed by atoms with van der Waals surface area (Å²) >= 11 is 0.